The van der Waals surface area contributed by atoms with E-state index in [0.717, 1.165) is 25.2 Å². The third kappa shape index (κ3) is 5.87. The maximum atomic E-state index is 12.2. The van der Waals surface area contributed by atoms with Crippen molar-refractivity contribution in [2.45, 2.75) is 65.2 Å². The lowest BCUT2D eigenvalue weighted by atomic mass is 9.90. The Balaban J connectivity index is 1.81. The minimum atomic E-state index is -0.124. The Morgan fingerprint density at radius 1 is 1.31 bits per heavy atom. The van der Waals surface area contributed by atoms with E-state index in [0.29, 0.717) is 24.7 Å². The van der Waals surface area contributed by atoms with E-state index in [1.807, 2.05) is 19.9 Å². The highest BCUT2D eigenvalue weighted by molar-refractivity contribution is 5.91. The van der Waals surface area contributed by atoms with Crippen LogP contribution in [-0.2, 0) is 14.3 Å². The van der Waals surface area contributed by atoms with Crippen molar-refractivity contribution in [2.75, 3.05) is 7.11 Å². The van der Waals surface area contributed by atoms with Crippen molar-refractivity contribution in [1.82, 2.24) is 0 Å². The molecule has 0 bridgehead atoms. The quantitative estimate of drug-likeness (QED) is 0.205. The average Bonchev–Trinajstić information content (AvgIpc) is 3.21. The van der Waals surface area contributed by atoms with Crippen LogP contribution in [0.2, 0.25) is 0 Å². The van der Waals surface area contributed by atoms with Gasteiger partial charge in [-0.1, -0.05) is 24.6 Å². The van der Waals surface area contributed by atoms with Gasteiger partial charge in [-0.15, -0.1) is 11.8 Å². The Morgan fingerprint density at radius 3 is 2.85 bits per heavy atom. The summed E-state index contributed by atoms with van der Waals surface area (Å²) in [7, 11) is 1.44. The summed E-state index contributed by atoms with van der Waals surface area (Å²) in [5.41, 5.74) is 1.54. The summed E-state index contributed by atoms with van der Waals surface area (Å²) in [5, 5.41) is 0. The average molecular weight is 357 g/mol. The molecule has 26 heavy (non-hydrogen) atoms. The number of carbonyl (C=O) groups is 2. The highest BCUT2D eigenvalue weighted by Crippen LogP contribution is 2.50. The molecule has 3 heteroatoms. The van der Waals surface area contributed by atoms with Gasteiger partial charge in [-0.3, -0.25) is 9.59 Å². The van der Waals surface area contributed by atoms with Crippen LogP contribution >= 0.6 is 0 Å². The molecule has 2 rings (SSSR count). The van der Waals surface area contributed by atoms with Gasteiger partial charge in [-0.05, 0) is 69.3 Å². The van der Waals surface area contributed by atoms with Gasteiger partial charge in [-0.2, -0.15) is 0 Å². The summed E-state index contributed by atoms with van der Waals surface area (Å²) < 4.78 is 4.68. The lowest BCUT2D eigenvalue weighted by Crippen LogP contribution is -2.10. The second-order valence-electron chi connectivity index (χ2n) is 7.70. The molecular weight excluding hydrogens is 324 g/mol. The minimum Gasteiger partial charge on any atom is -0.469 e. The van der Waals surface area contributed by atoms with E-state index in [-0.39, 0.29) is 17.7 Å². The zero-order valence-electron chi connectivity index (χ0n) is 16.4. The van der Waals surface area contributed by atoms with E-state index in [1.165, 1.54) is 26.4 Å². The van der Waals surface area contributed by atoms with Crippen molar-refractivity contribution in [3.8, 4) is 11.8 Å². The van der Waals surface area contributed by atoms with Crippen molar-refractivity contribution in [3.63, 3.8) is 0 Å². The predicted molar refractivity (Wildman–Crippen MR) is 104 cm³/mol. The molecule has 0 aromatic carbocycles. The SMILES string of the molecule is CC#CCC(C)C(=O)/C=C/[C@H]1CC[C@@H]2C/C(=C\CCCC(=O)OC)C[C@@H]21. The molecule has 0 radical (unpaired) electrons. The third-order valence-electron chi connectivity index (χ3n) is 5.87. The minimum absolute atomic E-state index is 0.00949. The first-order chi connectivity index (χ1) is 12.5. The molecule has 2 fully saturated rings. The molecule has 0 aromatic rings. The van der Waals surface area contributed by atoms with E-state index >= 15 is 0 Å². The van der Waals surface area contributed by atoms with Crippen LogP contribution in [0.1, 0.15) is 65.2 Å². The maximum absolute atomic E-state index is 12.2. The third-order valence-corrected chi connectivity index (χ3v) is 5.87. The number of hydrogen-bond acceptors (Lipinski definition) is 3. The summed E-state index contributed by atoms with van der Waals surface area (Å²) in [6.45, 7) is 3.77. The Bertz CT molecular complexity index is 617. The summed E-state index contributed by atoms with van der Waals surface area (Å²) in [4.78, 5) is 23.4. The fraction of sp³-hybridized carbons (Fsp3) is 0.652. The van der Waals surface area contributed by atoms with Gasteiger partial charge in [0.1, 0.15) is 0 Å². The number of methoxy groups -OCH3 is 1. The highest BCUT2D eigenvalue weighted by Gasteiger charge is 2.39. The second-order valence-corrected chi connectivity index (χ2v) is 7.70. The number of carbonyl (C=O) groups excluding carboxylic acids is 2. The predicted octanol–water partition coefficient (Wildman–Crippen LogP) is 4.87. The molecular formula is C23H32O3. The Hall–Kier alpha value is -1.82. The number of ether oxygens (including phenoxy) is 1. The van der Waals surface area contributed by atoms with Gasteiger partial charge in [0.15, 0.2) is 5.78 Å². The van der Waals surface area contributed by atoms with Crippen molar-refractivity contribution in [2.24, 2.45) is 23.7 Å². The number of allylic oxidation sites excluding steroid dienone is 4. The molecule has 3 nitrogen and oxygen atoms in total. The number of unbranched alkanes of at least 4 members (excludes halogenated alkanes) is 1. The van der Waals surface area contributed by atoms with Crippen LogP contribution in [0.25, 0.3) is 0 Å². The van der Waals surface area contributed by atoms with E-state index in [1.54, 1.807) is 5.57 Å². The largest absolute Gasteiger partial charge is 0.469 e. The van der Waals surface area contributed by atoms with E-state index in [9.17, 15) is 9.59 Å². The van der Waals surface area contributed by atoms with Crippen LogP contribution in [0, 0.1) is 35.5 Å². The molecule has 0 aliphatic heterocycles. The van der Waals surface area contributed by atoms with Gasteiger partial charge < -0.3 is 4.74 Å². The molecule has 2 aliphatic rings. The van der Waals surface area contributed by atoms with E-state index in [4.69, 9.17) is 0 Å². The Labute approximate surface area is 158 Å². The Morgan fingerprint density at radius 2 is 2.12 bits per heavy atom. The molecule has 0 saturated heterocycles. The summed E-state index contributed by atoms with van der Waals surface area (Å²) in [6, 6.07) is 0. The smallest absolute Gasteiger partial charge is 0.305 e. The molecule has 2 aliphatic carbocycles. The fourth-order valence-corrected chi connectivity index (χ4v) is 4.28. The molecule has 4 atom stereocenters. The van der Waals surface area contributed by atoms with E-state index in [2.05, 4.69) is 28.7 Å². The van der Waals surface area contributed by atoms with Crippen LogP contribution in [0.4, 0.5) is 0 Å². The standard InChI is InChI=1S/C23H32O3/c1-4-5-8-17(2)22(24)14-13-19-11-12-20-15-18(16-21(19)20)9-6-7-10-23(25)26-3/h9,13-14,17,19-21H,6-8,10-12,15-16H2,1-3H3/b14-13+,18-9+/t17?,19-,20-,21-/m1/s1. The maximum Gasteiger partial charge on any atom is 0.305 e. The molecule has 0 spiro atoms. The number of esters is 1. The van der Waals surface area contributed by atoms with Crippen molar-refractivity contribution < 1.29 is 14.3 Å². The van der Waals surface area contributed by atoms with Crippen LogP contribution in [0.3, 0.4) is 0 Å². The molecule has 142 valence electrons. The van der Waals surface area contributed by atoms with Crippen molar-refractivity contribution >= 4 is 11.8 Å². The number of ketones is 1. The van der Waals surface area contributed by atoms with Crippen LogP contribution in [-0.4, -0.2) is 18.9 Å². The number of fused-ring (bicyclic) bond motifs is 1. The fourth-order valence-electron chi connectivity index (χ4n) is 4.28. The van der Waals surface area contributed by atoms with Crippen LogP contribution < -0.4 is 0 Å². The molecule has 1 unspecified atom stereocenters. The van der Waals surface area contributed by atoms with Gasteiger partial charge in [0.2, 0.25) is 0 Å². The van der Waals surface area contributed by atoms with Crippen LogP contribution in [0.15, 0.2) is 23.8 Å². The first-order valence-corrected chi connectivity index (χ1v) is 9.91. The highest BCUT2D eigenvalue weighted by atomic mass is 16.5. The van der Waals surface area contributed by atoms with Gasteiger partial charge in [0, 0.05) is 18.8 Å². The molecule has 0 aromatic heterocycles. The number of hydrogen-bond donors (Lipinski definition) is 0. The molecule has 2 saturated carbocycles. The Kier molecular flexibility index (Phi) is 8.16. The van der Waals surface area contributed by atoms with Gasteiger partial charge in [0.05, 0.1) is 7.11 Å². The normalized spacial score (nSPS) is 27.2. The van der Waals surface area contributed by atoms with Gasteiger partial charge >= 0.3 is 5.97 Å². The van der Waals surface area contributed by atoms with Crippen molar-refractivity contribution in [1.29, 1.82) is 0 Å². The zero-order chi connectivity index (χ0) is 18.9. The van der Waals surface area contributed by atoms with Crippen molar-refractivity contribution in [3.05, 3.63) is 23.8 Å². The van der Waals surface area contributed by atoms with Gasteiger partial charge in [-0.25, -0.2) is 0 Å². The summed E-state index contributed by atoms with van der Waals surface area (Å²) in [6.07, 6.45) is 14.1. The second kappa shape index (κ2) is 10.4. The summed E-state index contributed by atoms with van der Waals surface area (Å²) >= 11 is 0. The monoisotopic (exact) mass is 356 g/mol. The lowest BCUT2D eigenvalue weighted by molar-refractivity contribution is -0.140. The molecule has 0 heterocycles. The lowest BCUT2D eigenvalue weighted by Gasteiger charge is -2.14. The van der Waals surface area contributed by atoms with E-state index < -0.39 is 0 Å². The first-order valence-electron chi connectivity index (χ1n) is 9.91. The summed E-state index contributed by atoms with van der Waals surface area (Å²) in [5.74, 6) is 7.92. The van der Waals surface area contributed by atoms with Crippen LogP contribution in [0.5, 0.6) is 0 Å². The molecule has 0 N–H and O–H groups in total. The topological polar surface area (TPSA) is 43.4 Å². The molecule has 0 amide bonds. The zero-order valence-corrected chi connectivity index (χ0v) is 16.4. The first kappa shape index (κ1) is 20.5. The van der Waals surface area contributed by atoms with Gasteiger partial charge in [0.25, 0.3) is 0 Å². The number of rotatable bonds is 8.